The summed E-state index contributed by atoms with van der Waals surface area (Å²) in [5.41, 5.74) is 0.542. The second-order valence-electron chi connectivity index (χ2n) is 2.62. The minimum absolute atomic E-state index is 0.0532. The standard InChI is InChI=1S/C9H9BrF2O2/c10-5-8(13)6-2-1-3-7(4-6)14-9(11)12/h1-4,8-9,13H,5H2/t8-/m0/s1. The third-order valence-corrected chi connectivity index (χ3v) is 2.23. The van der Waals surface area contributed by atoms with Crippen LogP contribution in [0.5, 0.6) is 5.75 Å². The summed E-state index contributed by atoms with van der Waals surface area (Å²) >= 11 is 3.09. The van der Waals surface area contributed by atoms with Crippen molar-refractivity contribution in [3.8, 4) is 5.75 Å². The van der Waals surface area contributed by atoms with Crippen LogP contribution in [0.2, 0.25) is 0 Å². The lowest BCUT2D eigenvalue weighted by Gasteiger charge is -2.09. The Morgan fingerprint density at radius 1 is 1.43 bits per heavy atom. The molecule has 1 rings (SSSR count). The van der Waals surface area contributed by atoms with E-state index < -0.39 is 12.7 Å². The van der Waals surface area contributed by atoms with Crippen LogP contribution in [0, 0.1) is 0 Å². The fourth-order valence-electron chi connectivity index (χ4n) is 0.987. The average Bonchev–Trinajstić information content (AvgIpc) is 2.16. The lowest BCUT2D eigenvalue weighted by Crippen LogP contribution is -2.03. The van der Waals surface area contributed by atoms with Crippen LogP contribution in [0.3, 0.4) is 0 Å². The van der Waals surface area contributed by atoms with Gasteiger partial charge in [0.2, 0.25) is 0 Å². The zero-order valence-electron chi connectivity index (χ0n) is 7.16. The molecule has 0 saturated heterocycles. The summed E-state index contributed by atoms with van der Waals surface area (Å²) in [6, 6.07) is 6.00. The normalized spacial score (nSPS) is 12.9. The Bertz CT molecular complexity index is 294. The summed E-state index contributed by atoms with van der Waals surface area (Å²) < 4.78 is 27.9. The molecule has 0 aromatic heterocycles. The van der Waals surface area contributed by atoms with Crippen molar-refractivity contribution >= 4 is 15.9 Å². The van der Waals surface area contributed by atoms with Crippen molar-refractivity contribution < 1.29 is 18.6 Å². The smallest absolute Gasteiger partial charge is 0.387 e. The summed E-state index contributed by atoms with van der Waals surface area (Å²) in [6.45, 7) is -2.84. The number of ether oxygens (including phenoxy) is 1. The van der Waals surface area contributed by atoms with Gasteiger partial charge < -0.3 is 9.84 Å². The summed E-state index contributed by atoms with van der Waals surface area (Å²) in [4.78, 5) is 0. The van der Waals surface area contributed by atoms with E-state index in [4.69, 9.17) is 0 Å². The van der Waals surface area contributed by atoms with E-state index in [1.54, 1.807) is 12.1 Å². The number of alkyl halides is 3. The SMILES string of the molecule is O[C@@H](CBr)c1cccc(OC(F)F)c1. The van der Waals surface area contributed by atoms with Gasteiger partial charge in [-0.25, -0.2) is 0 Å². The van der Waals surface area contributed by atoms with E-state index in [1.807, 2.05) is 0 Å². The van der Waals surface area contributed by atoms with Crippen LogP contribution in [0.4, 0.5) is 8.78 Å². The van der Waals surface area contributed by atoms with Gasteiger partial charge in [-0.05, 0) is 17.7 Å². The Balaban J connectivity index is 2.78. The lowest BCUT2D eigenvalue weighted by molar-refractivity contribution is -0.0499. The van der Waals surface area contributed by atoms with E-state index >= 15 is 0 Å². The predicted octanol–water partition coefficient (Wildman–Crippen LogP) is 2.72. The van der Waals surface area contributed by atoms with Crippen LogP contribution in [0.1, 0.15) is 11.7 Å². The predicted molar refractivity (Wildman–Crippen MR) is 51.8 cm³/mol. The molecule has 0 radical (unpaired) electrons. The Labute approximate surface area is 88.6 Å². The second kappa shape index (κ2) is 5.26. The van der Waals surface area contributed by atoms with E-state index in [-0.39, 0.29) is 5.75 Å². The Morgan fingerprint density at radius 3 is 2.71 bits per heavy atom. The zero-order valence-corrected chi connectivity index (χ0v) is 8.75. The molecule has 1 atom stereocenters. The number of benzene rings is 1. The molecule has 0 aliphatic carbocycles. The molecule has 2 nitrogen and oxygen atoms in total. The van der Waals surface area contributed by atoms with Gasteiger partial charge in [-0.15, -0.1) is 0 Å². The largest absolute Gasteiger partial charge is 0.435 e. The third kappa shape index (κ3) is 3.23. The van der Waals surface area contributed by atoms with Gasteiger partial charge in [0.15, 0.2) is 0 Å². The maximum Gasteiger partial charge on any atom is 0.387 e. The van der Waals surface area contributed by atoms with E-state index in [0.29, 0.717) is 10.9 Å². The van der Waals surface area contributed by atoms with Crippen molar-refractivity contribution in [1.29, 1.82) is 0 Å². The third-order valence-electron chi connectivity index (χ3n) is 1.61. The average molecular weight is 267 g/mol. The molecule has 0 aliphatic heterocycles. The maximum atomic E-state index is 11.8. The lowest BCUT2D eigenvalue weighted by atomic mass is 10.1. The molecule has 0 unspecified atom stereocenters. The first-order valence-corrected chi connectivity index (χ1v) is 5.04. The fraction of sp³-hybridized carbons (Fsp3) is 0.333. The quantitative estimate of drug-likeness (QED) is 0.850. The Morgan fingerprint density at radius 2 is 2.14 bits per heavy atom. The van der Waals surface area contributed by atoms with Gasteiger partial charge in [-0.1, -0.05) is 28.1 Å². The van der Waals surface area contributed by atoms with E-state index in [1.165, 1.54) is 12.1 Å². The van der Waals surface area contributed by atoms with E-state index in [0.717, 1.165) is 0 Å². The number of rotatable bonds is 4. The van der Waals surface area contributed by atoms with Crippen LogP contribution in [0.25, 0.3) is 0 Å². The zero-order chi connectivity index (χ0) is 10.6. The molecule has 0 amide bonds. The first-order valence-electron chi connectivity index (χ1n) is 3.92. The first-order chi connectivity index (χ1) is 6.63. The highest BCUT2D eigenvalue weighted by molar-refractivity contribution is 9.09. The van der Waals surface area contributed by atoms with Crippen molar-refractivity contribution in [1.82, 2.24) is 0 Å². The van der Waals surface area contributed by atoms with Gasteiger partial charge in [0.25, 0.3) is 0 Å². The molecule has 0 aliphatic rings. The molecule has 1 aromatic rings. The molecule has 0 spiro atoms. The van der Waals surface area contributed by atoms with Crippen molar-refractivity contribution in [2.75, 3.05) is 5.33 Å². The van der Waals surface area contributed by atoms with Crippen molar-refractivity contribution in [2.24, 2.45) is 0 Å². The summed E-state index contributed by atoms with van der Waals surface area (Å²) in [5, 5.41) is 9.75. The molecule has 78 valence electrons. The summed E-state index contributed by atoms with van der Waals surface area (Å²) in [7, 11) is 0. The molecule has 5 heteroatoms. The van der Waals surface area contributed by atoms with E-state index in [9.17, 15) is 13.9 Å². The molecule has 0 fully saturated rings. The summed E-state index contributed by atoms with van der Waals surface area (Å²) in [5.74, 6) is 0.0532. The maximum absolute atomic E-state index is 11.8. The Hall–Kier alpha value is -0.680. The highest BCUT2D eigenvalue weighted by Crippen LogP contribution is 2.21. The van der Waals surface area contributed by atoms with Crippen molar-refractivity contribution in [3.05, 3.63) is 29.8 Å². The highest BCUT2D eigenvalue weighted by atomic mass is 79.9. The van der Waals surface area contributed by atoms with Gasteiger partial charge in [0.1, 0.15) is 5.75 Å². The molecular weight excluding hydrogens is 258 g/mol. The highest BCUT2D eigenvalue weighted by Gasteiger charge is 2.08. The number of aliphatic hydroxyl groups excluding tert-OH is 1. The minimum atomic E-state index is -2.84. The molecule has 1 aromatic carbocycles. The monoisotopic (exact) mass is 266 g/mol. The molecule has 0 bridgehead atoms. The first kappa shape index (κ1) is 11.4. The number of hydrogen-bond donors (Lipinski definition) is 1. The van der Waals surface area contributed by atoms with Crippen LogP contribution in [-0.4, -0.2) is 17.0 Å². The van der Waals surface area contributed by atoms with Crippen LogP contribution in [-0.2, 0) is 0 Å². The number of aliphatic hydroxyl groups is 1. The topological polar surface area (TPSA) is 29.5 Å². The van der Waals surface area contributed by atoms with Crippen LogP contribution in [0.15, 0.2) is 24.3 Å². The van der Waals surface area contributed by atoms with Gasteiger partial charge in [0, 0.05) is 5.33 Å². The summed E-state index contributed by atoms with van der Waals surface area (Å²) in [6.07, 6.45) is -0.712. The number of hydrogen-bond acceptors (Lipinski definition) is 2. The molecule has 1 N–H and O–H groups in total. The molecule has 0 saturated carbocycles. The van der Waals surface area contributed by atoms with Crippen molar-refractivity contribution in [3.63, 3.8) is 0 Å². The van der Waals surface area contributed by atoms with Gasteiger partial charge in [-0.2, -0.15) is 8.78 Å². The molecule has 0 heterocycles. The minimum Gasteiger partial charge on any atom is -0.435 e. The van der Waals surface area contributed by atoms with Gasteiger partial charge in [-0.3, -0.25) is 0 Å². The number of halogens is 3. The van der Waals surface area contributed by atoms with Gasteiger partial charge in [0.05, 0.1) is 6.10 Å². The Kier molecular flexibility index (Phi) is 4.28. The van der Waals surface area contributed by atoms with Gasteiger partial charge >= 0.3 is 6.61 Å². The van der Waals surface area contributed by atoms with Crippen LogP contribution >= 0.6 is 15.9 Å². The van der Waals surface area contributed by atoms with Crippen LogP contribution < -0.4 is 4.74 Å². The van der Waals surface area contributed by atoms with Crippen molar-refractivity contribution in [2.45, 2.75) is 12.7 Å². The second-order valence-corrected chi connectivity index (χ2v) is 3.27. The van der Waals surface area contributed by atoms with E-state index in [2.05, 4.69) is 20.7 Å². The molecule has 14 heavy (non-hydrogen) atoms. The fourth-order valence-corrected chi connectivity index (χ4v) is 1.36. The molecular formula is C9H9BrF2O2.